The molecule has 0 spiro atoms. The van der Waals surface area contributed by atoms with Gasteiger partial charge in [0, 0.05) is 25.7 Å². The SMILES string of the molecule is COc1ccc(CNC(=O)N2CCCC3CN(C)CCC32)cc1C. The minimum atomic E-state index is 0.0859. The first-order valence-corrected chi connectivity index (χ1v) is 8.95. The summed E-state index contributed by atoms with van der Waals surface area (Å²) in [6.07, 6.45) is 3.46. The van der Waals surface area contributed by atoms with Crippen LogP contribution in [0.5, 0.6) is 5.75 Å². The topological polar surface area (TPSA) is 44.8 Å². The van der Waals surface area contributed by atoms with E-state index in [1.54, 1.807) is 7.11 Å². The van der Waals surface area contributed by atoms with Gasteiger partial charge in [0.1, 0.15) is 5.75 Å². The van der Waals surface area contributed by atoms with Gasteiger partial charge in [-0.05, 0) is 62.9 Å². The molecule has 0 aliphatic carbocycles. The molecule has 2 amide bonds. The van der Waals surface area contributed by atoms with Gasteiger partial charge >= 0.3 is 6.03 Å². The molecule has 0 aromatic heterocycles. The van der Waals surface area contributed by atoms with Crippen LogP contribution in [0.25, 0.3) is 0 Å². The zero-order valence-electron chi connectivity index (χ0n) is 15.0. The zero-order valence-corrected chi connectivity index (χ0v) is 15.0. The van der Waals surface area contributed by atoms with Crippen LogP contribution in [0.3, 0.4) is 0 Å². The van der Waals surface area contributed by atoms with E-state index in [1.807, 2.05) is 19.1 Å². The van der Waals surface area contributed by atoms with Crippen LogP contribution in [0.15, 0.2) is 18.2 Å². The van der Waals surface area contributed by atoms with Crippen LogP contribution >= 0.6 is 0 Å². The molecular formula is C19H29N3O2. The predicted octanol–water partition coefficient (Wildman–Crippen LogP) is 2.63. The van der Waals surface area contributed by atoms with Gasteiger partial charge in [0.2, 0.25) is 0 Å². The summed E-state index contributed by atoms with van der Waals surface area (Å²) in [6, 6.07) is 6.55. The number of hydrogen-bond acceptors (Lipinski definition) is 3. The second-order valence-corrected chi connectivity index (χ2v) is 7.18. The number of benzene rings is 1. The molecule has 1 aromatic rings. The highest BCUT2D eigenvalue weighted by Crippen LogP contribution is 2.30. The summed E-state index contributed by atoms with van der Waals surface area (Å²) in [5, 5.41) is 3.11. The number of hydrogen-bond donors (Lipinski definition) is 1. The van der Waals surface area contributed by atoms with E-state index in [1.165, 1.54) is 6.42 Å². The quantitative estimate of drug-likeness (QED) is 0.926. The summed E-state index contributed by atoms with van der Waals surface area (Å²) in [4.78, 5) is 17.2. The molecule has 1 aromatic carbocycles. The van der Waals surface area contributed by atoms with Crippen molar-refractivity contribution in [2.45, 2.75) is 38.8 Å². The van der Waals surface area contributed by atoms with Crippen LogP contribution in [-0.4, -0.2) is 55.7 Å². The molecule has 2 aliphatic rings. The van der Waals surface area contributed by atoms with Crippen molar-refractivity contribution in [2.75, 3.05) is 33.8 Å². The third-order valence-corrected chi connectivity index (χ3v) is 5.44. The fourth-order valence-electron chi connectivity index (χ4n) is 4.17. The lowest BCUT2D eigenvalue weighted by Crippen LogP contribution is -2.57. The van der Waals surface area contributed by atoms with E-state index in [-0.39, 0.29) is 6.03 Å². The Bertz CT molecular complexity index is 590. The number of fused-ring (bicyclic) bond motifs is 1. The fourth-order valence-corrected chi connectivity index (χ4v) is 4.17. The van der Waals surface area contributed by atoms with Gasteiger partial charge in [-0.1, -0.05) is 12.1 Å². The zero-order chi connectivity index (χ0) is 17.1. The minimum absolute atomic E-state index is 0.0859. The number of amides is 2. The van der Waals surface area contributed by atoms with E-state index < -0.39 is 0 Å². The van der Waals surface area contributed by atoms with Crippen LogP contribution in [-0.2, 0) is 6.54 Å². The maximum Gasteiger partial charge on any atom is 0.317 e. The van der Waals surface area contributed by atoms with E-state index in [2.05, 4.69) is 28.2 Å². The molecule has 2 unspecified atom stereocenters. The number of nitrogens with zero attached hydrogens (tertiary/aromatic N) is 2. The van der Waals surface area contributed by atoms with E-state index >= 15 is 0 Å². The van der Waals surface area contributed by atoms with Crippen molar-refractivity contribution in [3.8, 4) is 5.75 Å². The largest absolute Gasteiger partial charge is 0.496 e. The highest BCUT2D eigenvalue weighted by atomic mass is 16.5. The lowest BCUT2D eigenvalue weighted by atomic mass is 9.84. The van der Waals surface area contributed by atoms with Gasteiger partial charge in [-0.25, -0.2) is 4.79 Å². The van der Waals surface area contributed by atoms with Crippen molar-refractivity contribution >= 4 is 6.03 Å². The lowest BCUT2D eigenvalue weighted by molar-refractivity contribution is 0.0532. The Labute approximate surface area is 145 Å². The molecule has 0 bridgehead atoms. The molecule has 0 radical (unpaired) electrons. The Balaban J connectivity index is 1.59. The average Bonchev–Trinajstić information content (AvgIpc) is 2.59. The van der Waals surface area contributed by atoms with Gasteiger partial charge in [-0.3, -0.25) is 0 Å². The van der Waals surface area contributed by atoms with E-state index in [0.717, 1.165) is 49.4 Å². The number of aryl methyl sites for hydroxylation is 1. The van der Waals surface area contributed by atoms with Crippen LogP contribution in [0.4, 0.5) is 4.79 Å². The monoisotopic (exact) mass is 331 g/mol. The molecule has 2 atom stereocenters. The maximum absolute atomic E-state index is 12.7. The van der Waals surface area contributed by atoms with Crippen LogP contribution in [0, 0.1) is 12.8 Å². The van der Waals surface area contributed by atoms with Gasteiger partial charge in [-0.15, -0.1) is 0 Å². The van der Waals surface area contributed by atoms with Crippen LogP contribution < -0.4 is 10.1 Å². The van der Waals surface area contributed by atoms with Gasteiger partial charge < -0.3 is 19.9 Å². The van der Waals surface area contributed by atoms with E-state index in [0.29, 0.717) is 18.5 Å². The van der Waals surface area contributed by atoms with Crippen molar-refractivity contribution in [3.63, 3.8) is 0 Å². The second-order valence-electron chi connectivity index (χ2n) is 7.18. The molecule has 3 rings (SSSR count). The number of piperidine rings is 2. The Morgan fingerprint density at radius 1 is 1.33 bits per heavy atom. The predicted molar refractivity (Wildman–Crippen MR) is 95.3 cm³/mol. The van der Waals surface area contributed by atoms with Crippen molar-refractivity contribution < 1.29 is 9.53 Å². The van der Waals surface area contributed by atoms with E-state index in [4.69, 9.17) is 4.74 Å². The van der Waals surface area contributed by atoms with Crippen LogP contribution in [0.2, 0.25) is 0 Å². The summed E-state index contributed by atoms with van der Waals surface area (Å²) in [5.74, 6) is 1.52. The molecular weight excluding hydrogens is 302 g/mol. The van der Waals surface area contributed by atoms with Gasteiger partial charge in [0.05, 0.1) is 7.11 Å². The third kappa shape index (κ3) is 3.66. The summed E-state index contributed by atoms with van der Waals surface area (Å²) < 4.78 is 5.29. The van der Waals surface area contributed by atoms with Crippen LogP contribution in [0.1, 0.15) is 30.4 Å². The van der Waals surface area contributed by atoms with Crippen molar-refractivity contribution in [1.82, 2.24) is 15.1 Å². The fraction of sp³-hybridized carbons (Fsp3) is 0.632. The second kappa shape index (κ2) is 7.43. The molecule has 1 N–H and O–H groups in total. The standard InChI is InChI=1S/C19H29N3O2/c1-14-11-15(6-7-18(14)24-3)12-20-19(23)22-9-4-5-16-13-21(2)10-8-17(16)22/h6-7,11,16-17H,4-5,8-10,12-13H2,1-3H3,(H,20,23). The maximum atomic E-state index is 12.7. The molecule has 2 saturated heterocycles. The molecule has 2 fully saturated rings. The Morgan fingerprint density at radius 2 is 2.17 bits per heavy atom. The van der Waals surface area contributed by atoms with Crippen molar-refractivity contribution in [3.05, 3.63) is 29.3 Å². The average molecular weight is 331 g/mol. The normalized spacial score (nSPS) is 24.4. The van der Waals surface area contributed by atoms with E-state index in [9.17, 15) is 4.79 Å². The Hall–Kier alpha value is -1.75. The molecule has 0 saturated carbocycles. The van der Waals surface area contributed by atoms with Crippen molar-refractivity contribution in [2.24, 2.45) is 5.92 Å². The summed E-state index contributed by atoms with van der Waals surface area (Å²) in [6.45, 7) is 5.68. The first kappa shape index (κ1) is 17.1. The van der Waals surface area contributed by atoms with Gasteiger partial charge in [0.25, 0.3) is 0 Å². The number of likely N-dealkylation sites (tertiary alicyclic amines) is 2. The smallest absolute Gasteiger partial charge is 0.317 e. The highest BCUT2D eigenvalue weighted by Gasteiger charge is 2.37. The van der Waals surface area contributed by atoms with Crippen molar-refractivity contribution in [1.29, 1.82) is 0 Å². The van der Waals surface area contributed by atoms with Gasteiger partial charge in [0.15, 0.2) is 0 Å². The number of carbonyl (C=O) groups is 1. The lowest BCUT2D eigenvalue weighted by Gasteiger charge is -2.46. The Kier molecular flexibility index (Phi) is 5.29. The summed E-state index contributed by atoms with van der Waals surface area (Å²) >= 11 is 0. The molecule has 5 heteroatoms. The number of urea groups is 1. The molecule has 2 heterocycles. The third-order valence-electron chi connectivity index (χ3n) is 5.44. The highest BCUT2D eigenvalue weighted by molar-refractivity contribution is 5.74. The summed E-state index contributed by atoms with van der Waals surface area (Å²) in [5.41, 5.74) is 2.20. The number of rotatable bonds is 3. The summed E-state index contributed by atoms with van der Waals surface area (Å²) in [7, 11) is 3.86. The first-order chi connectivity index (χ1) is 11.6. The molecule has 2 aliphatic heterocycles. The number of carbonyl (C=O) groups excluding carboxylic acids is 1. The number of ether oxygens (including phenoxy) is 1. The number of nitrogens with one attached hydrogen (secondary N) is 1. The molecule has 5 nitrogen and oxygen atoms in total. The Morgan fingerprint density at radius 3 is 2.92 bits per heavy atom. The molecule has 132 valence electrons. The molecule has 24 heavy (non-hydrogen) atoms. The minimum Gasteiger partial charge on any atom is -0.496 e. The number of methoxy groups -OCH3 is 1. The first-order valence-electron chi connectivity index (χ1n) is 8.95. The van der Waals surface area contributed by atoms with Gasteiger partial charge in [-0.2, -0.15) is 0 Å².